The molecule has 1 atom stereocenters. The minimum Gasteiger partial charge on any atom is -0.436 e. The van der Waals surface area contributed by atoms with Crippen molar-refractivity contribution in [3.8, 4) is 11.6 Å². The summed E-state index contributed by atoms with van der Waals surface area (Å²) in [5.74, 6) is -1.96. The summed E-state index contributed by atoms with van der Waals surface area (Å²) in [7, 11) is 0. The lowest BCUT2D eigenvalue weighted by Gasteiger charge is -2.08. The third-order valence-corrected chi connectivity index (χ3v) is 2.49. The van der Waals surface area contributed by atoms with Crippen LogP contribution in [0, 0.1) is 11.6 Å². The lowest BCUT2D eigenvalue weighted by Crippen LogP contribution is -2.17. The Bertz CT molecular complexity index is 556. The van der Waals surface area contributed by atoms with Gasteiger partial charge in [-0.1, -0.05) is 12.1 Å². The highest BCUT2D eigenvalue weighted by atomic mass is 19.2. The number of benzene rings is 1. The van der Waals surface area contributed by atoms with Gasteiger partial charge in [-0.2, -0.15) is 4.39 Å². The topological polar surface area (TPSA) is 48.1 Å². The van der Waals surface area contributed by atoms with Crippen molar-refractivity contribution < 1.29 is 13.5 Å². The number of nitrogens with two attached hydrogens (primary N) is 1. The smallest absolute Gasteiger partial charge is 0.219 e. The van der Waals surface area contributed by atoms with Gasteiger partial charge < -0.3 is 10.5 Å². The maximum Gasteiger partial charge on any atom is 0.219 e. The third kappa shape index (κ3) is 3.48. The van der Waals surface area contributed by atoms with E-state index in [1.165, 1.54) is 12.1 Å². The van der Waals surface area contributed by atoms with Crippen LogP contribution in [0.3, 0.4) is 0 Å². The predicted molar refractivity (Wildman–Crippen MR) is 68.0 cm³/mol. The van der Waals surface area contributed by atoms with Crippen molar-refractivity contribution in [3.63, 3.8) is 0 Å². The molecule has 19 heavy (non-hydrogen) atoms. The van der Waals surface area contributed by atoms with Crippen LogP contribution in [0.4, 0.5) is 8.78 Å². The number of halogens is 2. The quantitative estimate of drug-likeness (QED) is 0.923. The number of hydrogen-bond donors (Lipinski definition) is 1. The normalized spacial score (nSPS) is 12.2. The first-order valence-electron chi connectivity index (χ1n) is 5.88. The van der Waals surface area contributed by atoms with Crippen LogP contribution in [0.2, 0.25) is 0 Å². The van der Waals surface area contributed by atoms with Crippen molar-refractivity contribution in [1.29, 1.82) is 0 Å². The number of rotatable bonds is 4. The van der Waals surface area contributed by atoms with Crippen LogP contribution in [0.25, 0.3) is 0 Å². The Morgan fingerprint density at radius 1 is 1.26 bits per heavy atom. The molecule has 0 bridgehead atoms. The Kier molecular flexibility index (Phi) is 4.06. The molecule has 0 saturated carbocycles. The summed E-state index contributed by atoms with van der Waals surface area (Å²) in [5.41, 5.74) is 6.63. The van der Waals surface area contributed by atoms with Crippen LogP contribution in [0.15, 0.2) is 36.5 Å². The fraction of sp³-hybridized carbons (Fsp3) is 0.214. The Morgan fingerprint density at radius 2 is 2.05 bits per heavy atom. The zero-order valence-corrected chi connectivity index (χ0v) is 10.4. The van der Waals surface area contributed by atoms with Crippen LogP contribution < -0.4 is 10.5 Å². The van der Waals surface area contributed by atoms with E-state index >= 15 is 0 Å². The molecule has 100 valence electrons. The summed E-state index contributed by atoms with van der Waals surface area (Å²) in [5, 5.41) is 0. The van der Waals surface area contributed by atoms with E-state index in [1.54, 1.807) is 18.3 Å². The summed E-state index contributed by atoms with van der Waals surface area (Å²) in [6, 6.07) is 7.18. The number of pyridine rings is 1. The Balaban J connectivity index is 2.13. The van der Waals surface area contributed by atoms with Crippen LogP contribution in [0.5, 0.6) is 11.6 Å². The molecule has 0 aliphatic heterocycles. The zero-order valence-electron chi connectivity index (χ0n) is 10.4. The van der Waals surface area contributed by atoms with Gasteiger partial charge in [-0.3, -0.25) is 0 Å². The molecular weight excluding hydrogens is 250 g/mol. The molecule has 1 aromatic carbocycles. The van der Waals surface area contributed by atoms with Crippen molar-refractivity contribution in [1.82, 2.24) is 4.98 Å². The summed E-state index contributed by atoms with van der Waals surface area (Å²) in [6.45, 7) is 1.90. The highest BCUT2D eigenvalue weighted by Gasteiger charge is 2.10. The first kappa shape index (κ1) is 13.4. The van der Waals surface area contributed by atoms with Gasteiger partial charge in [-0.15, -0.1) is 0 Å². The number of ether oxygens (including phenoxy) is 1. The number of nitrogens with zero attached hydrogens (tertiary/aromatic N) is 1. The molecule has 0 aliphatic rings. The Labute approximate surface area is 110 Å². The van der Waals surface area contributed by atoms with Crippen molar-refractivity contribution >= 4 is 0 Å². The molecule has 2 rings (SSSR count). The molecule has 1 aromatic heterocycles. The second-order valence-electron chi connectivity index (χ2n) is 4.34. The van der Waals surface area contributed by atoms with Gasteiger partial charge >= 0.3 is 0 Å². The average molecular weight is 264 g/mol. The largest absolute Gasteiger partial charge is 0.436 e. The van der Waals surface area contributed by atoms with Crippen LogP contribution in [0.1, 0.15) is 12.5 Å². The SMILES string of the molecule is CC(N)Cc1ccc(Oc2cccc(F)c2F)nc1. The van der Waals surface area contributed by atoms with Gasteiger partial charge in [0, 0.05) is 18.3 Å². The van der Waals surface area contributed by atoms with Gasteiger partial charge in [-0.25, -0.2) is 9.37 Å². The van der Waals surface area contributed by atoms with E-state index in [9.17, 15) is 8.78 Å². The molecule has 5 heteroatoms. The average Bonchev–Trinajstić information content (AvgIpc) is 2.37. The van der Waals surface area contributed by atoms with Gasteiger partial charge in [0.1, 0.15) is 0 Å². The molecule has 0 radical (unpaired) electrons. The maximum absolute atomic E-state index is 13.4. The molecular formula is C14H14F2N2O. The van der Waals surface area contributed by atoms with Crippen LogP contribution in [-0.2, 0) is 6.42 Å². The van der Waals surface area contributed by atoms with Gasteiger partial charge in [0.05, 0.1) is 0 Å². The molecule has 0 spiro atoms. The zero-order chi connectivity index (χ0) is 13.8. The fourth-order valence-electron chi connectivity index (χ4n) is 1.64. The highest BCUT2D eigenvalue weighted by Crippen LogP contribution is 2.24. The summed E-state index contributed by atoms with van der Waals surface area (Å²) in [6.07, 6.45) is 2.30. The van der Waals surface area contributed by atoms with Crippen LogP contribution in [-0.4, -0.2) is 11.0 Å². The lowest BCUT2D eigenvalue weighted by atomic mass is 10.1. The van der Waals surface area contributed by atoms with Gasteiger partial charge in [0.25, 0.3) is 0 Å². The molecule has 0 amide bonds. The molecule has 2 N–H and O–H groups in total. The molecule has 0 aliphatic carbocycles. The minimum atomic E-state index is -1.02. The number of aromatic nitrogens is 1. The van der Waals surface area contributed by atoms with E-state index in [1.807, 2.05) is 6.92 Å². The lowest BCUT2D eigenvalue weighted by molar-refractivity contribution is 0.405. The maximum atomic E-state index is 13.4. The van der Waals surface area contributed by atoms with E-state index in [0.717, 1.165) is 11.6 Å². The van der Waals surface area contributed by atoms with E-state index in [2.05, 4.69) is 4.98 Å². The molecule has 1 heterocycles. The second-order valence-corrected chi connectivity index (χ2v) is 4.34. The predicted octanol–water partition coefficient (Wildman–Crippen LogP) is 3.04. The van der Waals surface area contributed by atoms with E-state index < -0.39 is 11.6 Å². The summed E-state index contributed by atoms with van der Waals surface area (Å²) >= 11 is 0. The van der Waals surface area contributed by atoms with Crippen molar-refractivity contribution in [2.24, 2.45) is 5.73 Å². The fourth-order valence-corrected chi connectivity index (χ4v) is 1.64. The minimum absolute atomic E-state index is 0.0363. The monoisotopic (exact) mass is 264 g/mol. The van der Waals surface area contributed by atoms with Crippen LogP contribution >= 0.6 is 0 Å². The van der Waals surface area contributed by atoms with Crippen molar-refractivity contribution in [2.45, 2.75) is 19.4 Å². The molecule has 3 nitrogen and oxygen atoms in total. The third-order valence-electron chi connectivity index (χ3n) is 2.49. The summed E-state index contributed by atoms with van der Waals surface area (Å²) < 4.78 is 31.6. The molecule has 0 fully saturated rings. The Hall–Kier alpha value is -2.01. The number of hydrogen-bond acceptors (Lipinski definition) is 3. The van der Waals surface area contributed by atoms with Crippen molar-refractivity contribution in [3.05, 3.63) is 53.7 Å². The summed E-state index contributed by atoms with van der Waals surface area (Å²) in [4.78, 5) is 4.03. The van der Waals surface area contributed by atoms with Gasteiger partial charge in [-0.05, 0) is 31.0 Å². The van der Waals surface area contributed by atoms with E-state index in [-0.39, 0.29) is 17.7 Å². The van der Waals surface area contributed by atoms with Crippen molar-refractivity contribution in [2.75, 3.05) is 0 Å². The first-order chi connectivity index (χ1) is 9.06. The van der Waals surface area contributed by atoms with Gasteiger partial charge in [0.2, 0.25) is 11.7 Å². The Morgan fingerprint density at radius 3 is 2.68 bits per heavy atom. The molecule has 0 saturated heterocycles. The van der Waals surface area contributed by atoms with Gasteiger partial charge in [0.15, 0.2) is 11.6 Å². The molecule has 2 aromatic rings. The van der Waals surface area contributed by atoms with E-state index in [4.69, 9.17) is 10.5 Å². The second kappa shape index (κ2) is 5.75. The standard InChI is InChI=1S/C14H14F2N2O/c1-9(17)7-10-5-6-13(18-8-10)19-12-4-2-3-11(15)14(12)16/h2-6,8-9H,7,17H2,1H3. The molecule has 1 unspecified atom stereocenters. The van der Waals surface area contributed by atoms with E-state index in [0.29, 0.717) is 6.42 Å². The highest BCUT2D eigenvalue weighted by molar-refractivity contribution is 5.30. The first-order valence-corrected chi connectivity index (χ1v) is 5.88.